The van der Waals surface area contributed by atoms with Gasteiger partial charge >= 0.3 is 5.97 Å². The lowest BCUT2D eigenvalue weighted by atomic mass is 10.1. The molecule has 1 aromatic rings. The molecule has 3 nitrogen and oxygen atoms in total. The summed E-state index contributed by atoms with van der Waals surface area (Å²) in [6.07, 6.45) is -1.57. The molecule has 15 heavy (non-hydrogen) atoms. The average molecular weight is 216 g/mol. The SMILES string of the molecule is COC(Cc1c(F)cccc1F)C(=O)O. The Hall–Kier alpha value is -1.49. The maximum absolute atomic E-state index is 13.1. The average Bonchev–Trinajstić information content (AvgIpc) is 2.17. The molecule has 0 amide bonds. The van der Waals surface area contributed by atoms with Gasteiger partial charge in [0.25, 0.3) is 0 Å². The standard InChI is InChI=1S/C10H10F2O3/c1-15-9(10(13)14)5-6-7(11)3-2-4-8(6)12/h2-4,9H,5H2,1H3,(H,13,14). The van der Waals surface area contributed by atoms with Crippen molar-refractivity contribution in [2.45, 2.75) is 12.5 Å². The number of rotatable bonds is 4. The molecule has 1 aromatic carbocycles. The summed E-state index contributed by atoms with van der Waals surface area (Å²) in [5.41, 5.74) is -0.272. The molecule has 0 saturated carbocycles. The molecule has 1 rings (SSSR count). The van der Waals surface area contributed by atoms with Gasteiger partial charge in [0.1, 0.15) is 11.6 Å². The molecule has 5 heteroatoms. The monoisotopic (exact) mass is 216 g/mol. The van der Waals surface area contributed by atoms with Gasteiger partial charge in [-0.15, -0.1) is 0 Å². The van der Waals surface area contributed by atoms with Crippen LogP contribution < -0.4 is 0 Å². The normalized spacial score (nSPS) is 12.5. The Bertz CT molecular complexity index is 345. The molecule has 0 aliphatic rings. The van der Waals surface area contributed by atoms with E-state index in [4.69, 9.17) is 5.11 Å². The van der Waals surface area contributed by atoms with E-state index in [0.29, 0.717) is 0 Å². The first-order valence-electron chi connectivity index (χ1n) is 4.24. The second-order valence-corrected chi connectivity index (χ2v) is 2.97. The summed E-state index contributed by atoms with van der Waals surface area (Å²) >= 11 is 0. The number of carbonyl (C=O) groups is 1. The highest BCUT2D eigenvalue weighted by Gasteiger charge is 2.21. The van der Waals surface area contributed by atoms with Crippen LogP contribution in [0.4, 0.5) is 8.78 Å². The summed E-state index contributed by atoms with van der Waals surface area (Å²) in [5, 5.41) is 8.65. The fourth-order valence-corrected chi connectivity index (χ4v) is 1.18. The molecule has 1 unspecified atom stereocenters. The Labute approximate surface area is 85.3 Å². The molecule has 0 radical (unpaired) electrons. The Kier molecular flexibility index (Phi) is 3.74. The number of carboxylic acid groups (broad SMARTS) is 1. The second-order valence-electron chi connectivity index (χ2n) is 2.97. The lowest BCUT2D eigenvalue weighted by Crippen LogP contribution is -2.25. The van der Waals surface area contributed by atoms with Gasteiger partial charge < -0.3 is 9.84 Å². The van der Waals surface area contributed by atoms with Gasteiger partial charge in [0.2, 0.25) is 0 Å². The number of aliphatic carboxylic acids is 1. The van der Waals surface area contributed by atoms with Crippen molar-refractivity contribution >= 4 is 5.97 Å². The smallest absolute Gasteiger partial charge is 0.333 e. The van der Waals surface area contributed by atoms with Gasteiger partial charge in [-0.1, -0.05) is 6.07 Å². The minimum absolute atomic E-state index is 0.272. The lowest BCUT2D eigenvalue weighted by Gasteiger charge is -2.11. The maximum Gasteiger partial charge on any atom is 0.333 e. The highest BCUT2D eigenvalue weighted by atomic mass is 19.1. The number of carboxylic acids is 1. The van der Waals surface area contributed by atoms with Crippen LogP contribution >= 0.6 is 0 Å². The first-order chi connectivity index (χ1) is 7.06. The van der Waals surface area contributed by atoms with Crippen LogP contribution in [0.2, 0.25) is 0 Å². The van der Waals surface area contributed by atoms with E-state index in [9.17, 15) is 13.6 Å². The minimum atomic E-state index is -1.25. The first kappa shape index (κ1) is 11.6. The van der Waals surface area contributed by atoms with Crippen molar-refractivity contribution in [3.8, 4) is 0 Å². The topological polar surface area (TPSA) is 46.5 Å². The number of ether oxygens (including phenoxy) is 1. The van der Waals surface area contributed by atoms with Crippen molar-refractivity contribution in [2.75, 3.05) is 7.11 Å². The molecule has 82 valence electrons. The second kappa shape index (κ2) is 4.84. The molecule has 0 bridgehead atoms. The third kappa shape index (κ3) is 2.73. The van der Waals surface area contributed by atoms with Crippen LogP contribution in [-0.4, -0.2) is 24.3 Å². The summed E-state index contributed by atoms with van der Waals surface area (Å²) in [5.74, 6) is -2.78. The van der Waals surface area contributed by atoms with Crippen LogP contribution in [0.5, 0.6) is 0 Å². The predicted molar refractivity (Wildman–Crippen MR) is 48.5 cm³/mol. The fraction of sp³-hybridized carbons (Fsp3) is 0.300. The van der Waals surface area contributed by atoms with E-state index in [2.05, 4.69) is 4.74 Å². The molecule has 0 spiro atoms. The van der Waals surface area contributed by atoms with Crippen LogP contribution in [0, 0.1) is 11.6 Å². The van der Waals surface area contributed by atoms with Gasteiger partial charge in [-0.05, 0) is 12.1 Å². The van der Waals surface area contributed by atoms with Gasteiger partial charge in [0.15, 0.2) is 6.10 Å². The van der Waals surface area contributed by atoms with Crippen LogP contribution in [0.25, 0.3) is 0 Å². The molecule has 1 N–H and O–H groups in total. The maximum atomic E-state index is 13.1. The van der Waals surface area contributed by atoms with Gasteiger partial charge in [0.05, 0.1) is 0 Å². The van der Waals surface area contributed by atoms with Gasteiger partial charge in [-0.3, -0.25) is 0 Å². The molecule has 0 heterocycles. The van der Waals surface area contributed by atoms with E-state index in [-0.39, 0.29) is 12.0 Å². The van der Waals surface area contributed by atoms with Gasteiger partial charge in [-0.25, -0.2) is 13.6 Å². The number of halogens is 2. The van der Waals surface area contributed by atoms with Crippen molar-refractivity contribution in [2.24, 2.45) is 0 Å². The van der Waals surface area contributed by atoms with E-state index >= 15 is 0 Å². The highest BCUT2D eigenvalue weighted by molar-refractivity contribution is 5.72. The largest absolute Gasteiger partial charge is 0.479 e. The third-order valence-electron chi connectivity index (χ3n) is 2.01. The summed E-state index contributed by atoms with van der Waals surface area (Å²) in [6.45, 7) is 0. The number of benzene rings is 1. The van der Waals surface area contributed by atoms with Crippen molar-refractivity contribution in [3.63, 3.8) is 0 Å². The fourth-order valence-electron chi connectivity index (χ4n) is 1.18. The Balaban J connectivity index is 2.92. The zero-order valence-electron chi connectivity index (χ0n) is 8.04. The molecular weight excluding hydrogens is 206 g/mol. The van der Waals surface area contributed by atoms with Crippen molar-refractivity contribution < 1.29 is 23.4 Å². The third-order valence-corrected chi connectivity index (χ3v) is 2.01. The van der Waals surface area contributed by atoms with Crippen molar-refractivity contribution in [1.82, 2.24) is 0 Å². The summed E-state index contributed by atoms with van der Waals surface area (Å²) in [4.78, 5) is 10.6. The predicted octanol–water partition coefficient (Wildman–Crippen LogP) is 1.61. The van der Waals surface area contributed by atoms with E-state index in [1.54, 1.807) is 0 Å². The highest BCUT2D eigenvalue weighted by Crippen LogP contribution is 2.15. The van der Waals surface area contributed by atoms with Crippen molar-refractivity contribution in [1.29, 1.82) is 0 Å². The molecular formula is C10H10F2O3. The zero-order chi connectivity index (χ0) is 11.4. The van der Waals surface area contributed by atoms with Crippen LogP contribution in [-0.2, 0) is 16.0 Å². The molecule has 0 saturated heterocycles. The lowest BCUT2D eigenvalue weighted by molar-refractivity contribution is -0.148. The Morgan fingerprint density at radius 2 is 2.00 bits per heavy atom. The number of methoxy groups -OCH3 is 1. The van der Waals surface area contributed by atoms with E-state index in [1.165, 1.54) is 13.2 Å². The molecule has 0 aliphatic carbocycles. The summed E-state index contributed by atoms with van der Waals surface area (Å²) in [7, 11) is 1.18. The minimum Gasteiger partial charge on any atom is -0.479 e. The van der Waals surface area contributed by atoms with Gasteiger partial charge in [0, 0.05) is 19.1 Å². The van der Waals surface area contributed by atoms with E-state index in [0.717, 1.165) is 12.1 Å². The zero-order valence-corrected chi connectivity index (χ0v) is 8.04. The summed E-state index contributed by atoms with van der Waals surface area (Å²) < 4.78 is 30.8. The van der Waals surface area contributed by atoms with Crippen LogP contribution in [0.1, 0.15) is 5.56 Å². The first-order valence-corrected chi connectivity index (χ1v) is 4.24. The van der Waals surface area contributed by atoms with E-state index in [1.807, 2.05) is 0 Å². The molecule has 0 aromatic heterocycles. The Morgan fingerprint density at radius 1 is 1.47 bits per heavy atom. The molecule has 0 aliphatic heterocycles. The Morgan fingerprint density at radius 3 is 2.40 bits per heavy atom. The van der Waals surface area contributed by atoms with Crippen molar-refractivity contribution in [3.05, 3.63) is 35.4 Å². The number of hydrogen-bond donors (Lipinski definition) is 1. The van der Waals surface area contributed by atoms with Gasteiger partial charge in [-0.2, -0.15) is 0 Å². The summed E-state index contributed by atoms with van der Waals surface area (Å²) in [6, 6.07) is 3.37. The number of hydrogen-bond acceptors (Lipinski definition) is 2. The molecule has 1 atom stereocenters. The van der Waals surface area contributed by atoms with Crippen LogP contribution in [0.15, 0.2) is 18.2 Å². The van der Waals surface area contributed by atoms with E-state index < -0.39 is 23.7 Å². The quantitative estimate of drug-likeness (QED) is 0.831. The van der Waals surface area contributed by atoms with Crippen LogP contribution in [0.3, 0.4) is 0 Å². The molecule has 0 fully saturated rings.